The Bertz CT molecular complexity index is 912. The van der Waals surface area contributed by atoms with Crippen molar-refractivity contribution in [2.24, 2.45) is 0 Å². The number of fused-ring (bicyclic) bond motifs is 3. The largest absolute Gasteiger partial charge is 0.453 e. The molecule has 0 aliphatic carbocycles. The van der Waals surface area contributed by atoms with Gasteiger partial charge in [0.2, 0.25) is 0 Å². The number of nitrogens with zero attached hydrogens (tertiary/aromatic N) is 1. The Labute approximate surface area is 129 Å². The number of benzene rings is 2. The molecule has 0 saturated carbocycles. The molecule has 0 atom stereocenters. The lowest BCUT2D eigenvalue weighted by Crippen LogP contribution is -1.78. The summed E-state index contributed by atoms with van der Waals surface area (Å²) in [5, 5.41) is 1.07. The number of rotatable bonds is 1. The fraction of sp³-hybridized carbons (Fsp3) is 0. The normalized spacial score (nSPS) is 11.2. The smallest absolute Gasteiger partial charge is 0.167 e. The molecule has 96 valence electrons. The molecule has 4 rings (SSSR count). The van der Waals surface area contributed by atoms with E-state index in [9.17, 15) is 0 Å². The topological polar surface area (TPSA) is 26.0 Å². The molecule has 0 N–H and O–H groups in total. The van der Waals surface area contributed by atoms with Gasteiger partial charge in [0.1, 0.15) is 11.1 Å². The maximum atomic E-state index is 5.90. The number of furan rings is 1. The lowest BCUT2D eigenvalue weighted by Gasteiger charge is -2.00. The molecule has 0 unspecified atom stereocenters. The zero-order chi connectivity index (χ0) is 13.5. The second-order valence-corrected chi connectivity index (χ2v) is 5.81. The Morgan fingerprint density at radius 2 is 1.75 bits per heavy atom. The molecule has 0 spiro atoms. The number of halogens is 1. The predicted molar refractivity (Wildman–Crippen MR) is 89.7 cm³/mol. The zero-order valence-corrected chi connectivity index (χ0v) is 12.7. The summed E-state index contributed by atoms with van der Waals surface area (Å²) in [5.41, 5.74) is 5.07. The summed E-state index contributed by atoms with van der Waals surface area (Å²) in [6.07, 6.45) is 1.83. The van der Waals surface area contributed by atoms with Crippen LogP contribution in [-0.4, -0.2) is 4.98 Å². The van der Waals surface area contributed by atoms with Crippen molar-refractivity contribution in [1.82, 2.24) is 4.98 Å². The van der Waals surface area contributed by atoms with Gasteiger partial charge in [0.15, 0.2) is 5.58 Å². The molecule has 2 heterocycles. The SMILES string of the molecule is Ic1ccnc2c1oc1ccc(-c3ccccc3)cc12. The average molecular weight is 371 g/mol. The number of pyridine rings is 1. The van der Waals surface area contributed by atoms with Gasteiger partial charge in [0, 0.05) is 11.6 Å². The van der Waals surface area contributed by atoms with Gasteiger partial charge >= 0.3 is 0 Å². The van der Waals surface area contributed by atoms with Gasteiger partial charge in [0.25, 0.3) is 0 Å². The molecular weight excluding hydrogens is 361 g/mol. The van der Waals surface area contributed by atoms with E-state index in [2.05, 4.69) is 51.8 Å². The van der Waals surface area contributed by atoms with E-state index in [1.54, 1.807) is 0 Å². The molecule has 0 aliphatic heterocycles. The van der Waals surface area contributed by atoms with Crippen molar-refractivity contribution in [3.05, 3.63) is 64.4 Å². The van der Waals surface area contributed by atoms with Crippen molar-refractivity contribution in [3.8, 4) is 11.1 Å². The first-order chi connectivity index (χ1) is 9.83. The van der Waals surface area contributed by atoms with E-state index in [0.29, 0.717) is 0 Å². The molecule has 0 bridgehead atoms. The fourth-order valence-electron chi connectivity index (χ4n) is 2.44. The van der Waals surface area contributed by atoms with Gasteiger partial charge in [-0.05, 0) is 51.9 Å². The number of hydrogen-bond donors (Lipinski definition) is 0. The van der Waals surface area contributed by atoms with E-state index in [1.807, 2.05) is 36.5 Å². The monoisotopic (exact) mass is 371 g/mol. The summed E-state index contributed by atoms with van der Waals surface area (Å²) in [6, 6.07) is 18.6. The van der Waals surface area contributed by atoms with E-state index < -0.39 is 0 Å². The van der Waals surface area contributed by atoms with Crippen LogP contribution in [0.2, 0.25) is 0 Å². The minimum atomic E-state index is 0.869. The summed E-state index contributed by atoms with van der Waals surface area (Å²) in [6.45, 7) is 0. The van der Waals surface area contributed by atoms with Crippen LogP contribution in [0.5, 0.6) is 0 Å². The molecule has 2 aromatic heterocycles. The van der Waals surface area contributed by atoms with Gasteiger partial charge in [-0.2, -0.15) is 0 Å². The maximum absolute atomic E-state index is 5.90. The van der Waals surface area contributed by atoms with Crippen LogP contribution < -0.4 is 0 Å². The second kappa shape index (κ2) is 4.59. The zero-order valence-electron chi connectivity index (χ0n) is 10.5. The lowest BCUT2D eigenvalue weighted by molar-refractivity contribution is 0.665. The van der Waals surface area contributed by atoms with Gasteiger partial charge in [-0.3, -0.25) is 4.98 Å². The average Bonchev–Trinajstić information content (AvgIpc) is 2.88. The van der Waals surface area contributed by atoms with Gasteiger partial charge in [-0.25, -0.2) is 0 Å². The highest BCUT2D eigenvalue weighted by molar-refractivity contribution is 14.1. The van der Waals surface area contributed by atoms with Crippen LogP contribution in [0.15, 0.2) is 65.2 Å². The fourth-order valence-corrected chi connectivity index (χ4v) is 2.96. The van der Waals surface area contributed by atoms with Gasteiger partial charge in [-0.1, -0.05) is 36.4 Å². The van der Waals surface area contributed by atoms with E-state index in [1.165, 1.54) is 11.1 Å². The number of aromatic nitrogens is 1. The molecule has 0 aliphatic rings. The first-order valence-corrected chi connectivity index (χ1v) is 7.43. The Morgan fingerprint density at radius 3 is 2.60 bits per heavy atom. The van der Waals surface area contributed by atoms with E-state index in [4.69, 9.17) is 4.42 Å². The van der Waals surface area contributed by atoms with Crippen LogP contribution in [0, 0.1) is 3.57 Å². The Kier molecular flexibility index (Phi) is 2.73. The van der Waals surface area contributed by atoms with Crippen LogP contribution in [-0.2, 0) is 0 Å². The van der Waals surface area contributed by atoms with Crippen LogP contribution in [0.25, 0.3) is 33.2 Å². The Balaban J connectivity index is 2.04. The quantitative estimate of drug-likeness (QED) is 0.427. The molecule has 0 saturated heterocycles. The summed E-state index contributed by atoms with van der Waals surface area (Å²) >= 11 is 2.28. The van der Waals surface area contributed by atoms with Crippen molar-refractivity contribution in [2.75, 3.05) is 0 Å². The van der Waals surface area contributed by atoms with E-state index in [0.717, 1.165) is 25.6 Å². The highest BCUT2D eigenvalue weighted by atomic mass is 127. The number of hydrogen-bond acceptors (Lipinski definition) is 2. The van der Waals surface area contributed by atoms with Crippen molar-refractivity contribution >= 4 is 44.7 Å². The molecule has 0 fully saturated rings. The van der Waals surface area contributed by atoms with Crippen LogP contribution in [0.4, 0.5) is 0 Å². The van der Waals surface area contributed by atoms with E-state index in [-0.39, 0.29) is 0 Å². The Hall–Kier alpha value is -1.88. The molecule has 20 heavy (non-hydrogen) atoms. The summed E-state index contributed by atoms with van der Waals surface area (Å²) < 4.78 is 6.99. The molecule has 2 aromatic carbocycles. The van der Waals surface area contributed by atoms with Crippen molar-refractivity contribution < 1.29 is 4.42 Å². The molecule has 0 amide bonds. The molecular formula is C17H10INO. The highest BCUT2D eigenvalue weighted by Gasteiger charge is 2.11. The predicted octanol–water partition coefficient (Wildman–Crippen LogP) is 5.25. The standard InChI is InChI=1S/C17H10INO/c18-14-8-9-19-16-13-10-12(11-4-2-1-3-5-11)6-7-15(13)20-17(14)16/h1-10H. The molecule has 0 radical (unpaired) electrons. The van der Waals surface area contributed by atoms with E-state index >= 15 is 0 Å². The summed E-state index contributed by atoms with van der Waals surface area (Å²) in [5.74, 6) is 0. The highest BCUT2D eigenvalue weighted by Crippen LogP contribution is 2.32. The second-order valence-electron chi connectivity index (χ2n) is 4.65. The lowest BCUT2D eigenvalue weighted by atomic mass is 10.0. The molecule has 2 nitrogen and oxygen atoms in total. The van der Waals surface area contributed by atoms with Gasteiger partial charge in [0.05, 0.1) is 3.57 Å². The third kappa shape index (κ3) is 1.81. The van der Waals surface area contributed by atoms with Crippen molar-refractivity contribution in [2.45, 2.75) is 0 Å². The summed E-state index contributed by atoms with van der Waals surface area (Å²) in [4.78, 5) is 4.47. The first-order valence-electron chi connectivity index (χ1n) is 6.35. The molecule has 4 aromatic rings. The Morgan fingerprint density at radius 1 is 0.900 bits per heavy atom. The van der Waals surface area contributed by atoms with Crippen molar-refractivity contribution in [1.29, 1.82) is 0 Å². The van der Waals surface area contributed by atoms with Gasteiger partial charge in [-0.15, -0.1) is 0 Å². The van der Waals surface area contributed by atoms with Gasteiger partial charge < -0.3 is 4.42 Å². The third-order valence-corrected chi connectivity index (χ3v) is 4.26. The minimum Gasteiger partial charge on any atom is -0.453 e. The maximum Gasteiger partial charge on any atom is 0.167 e. The van der Waals surface area contributed by atoms with Crippen LogP contribution >= 0.6 is 22.6 Å². The third-order valence-electron chi connectivity index (χ3n) is 3.41. The van der Waals surface area contributed by atoms with Crippen LogP contribution in [0.3, 0.4) is 0 Å². The first kappa shape index (κ1) is 11.9. The summed E-state index contributed by atoms with van der Waals surface area (Å²) in [7, 11) is 0. The van der Waals surface area contributed by atoms with Crippen LogP contribution in [0.1, 0.15) is 0 Å². The minimum absolute atomic E-state index is 0.869. The van der Waals surface area contributed by atoms with Crippen molar-refractivity contribution in [3.63, 3.8) is 0 Å². The molecule has 3 heteroatoms.